The first-order valence-electron chi connectivity index (χ1n) is 9.75. The van der Waals surface area contributed by atoms with Gasteiger partial charge in [0, 0.05) is 41.4 Å². The van der Waals surface area contributed by atoms with Gasteiger partial charge in [0.05, 0.1) is 16.8 Å². The number of thioether (sulfide) groups is 1. The minimum Gasteiger partial charge on any atom is -0.381 e. The summed E-state index contributed by atoms with van der Waals surface area (Å²) in [6.07, 6.45) is 2.19. The second-order valence-electron chi connectivity index (χ2n) is 7.24. The highest BCUT2D eigenvalue weighted by Gasteiger charge is 2.15. The van der Waals surface area contributed by atoms with E-state index in [-0.39, 0.29) is 11.7 Å². The van der Waals surface area contributed by atoms with E-state index >= 15 is 0 Å². The highest BCUT2D eigenvalue weighted by Crippen LogP contribution is 2.27. The van der Waals surface area contributed by atoms with Gasteiger partial charge in [-0.25, -0.2) is 4.39 Å². The Labute approximate surface area is 173 Å². The number of aryl methyl sites for hydroxylation is 1. The number of ether oxygens (including phenoxy) is 1. The third-order valence-electron chi connectivity index (χ3n) is 5.05. The zero-order valence-electron chi connectivity index (χ0n) is 16.3. The molecule has 0 atom stereocenters. The van der Waals surface area contributed by atoms with Gasteiger partial charge in [0.15, 0.2) is 0 Å². The van der Waals surface area contributed by atoms with Gasteiger partial charge >= 0.3 is 0 Å². The van der Waals surface area contributed by atoms with Crippen LogP contribution in [0.2, 0.25) is 0 Å². The molecule has 0 unspecified atom stereocenters. The van der Waals surface area contributed by atoms with Crippen LogP contribution in [0.5, 0.6) is 0 Å². The number of nitrogens with zero attached hydrogens (tertiary/aromatic N) is 1. The van der Waals surface area contributed by atoms with Crippen molar-refractivity contribution in [3.8, 4) is 0 Å². The number of anilines is 1. The molecule has 1 fully saturated rings. The van der Waals surface area contributed by atoms with Gasteiger partial charge in [0.25, 0.3) is 5.91 Å². The van der Waals surface area contributed by atoms with Crippen molar-refractivity contribution in [1.82, 2.24) is 4.98 Å². The molecule has 0 radical (unpaired) electrons. The number of carbonyl (C=O) groups excluding carboxylic acids is 1. The number of benzene rings is 2. The Kier molecular flexibility index (Phi) is 6.11. The average molecular weight is 411 g/mol. The molecule has 1 saturated heterocycles. The van der Waals surface area contributed by atoms with Crippen molar-refractivity contribution in [2.24, 2.45) is 0 Å². The summed E-state index contributed by atoms with van der Waals surface area (Å²) in [4.78, 5) is 17.2. The van der Waals surface area contributed by atoms with E-state index < -0.39 is 0 Å². The Morgan fingerprint density at radius 1 is 1.21 bits per heavy atom. The molecule has 2 heterocycles. The van der Waals surface area contributed by atoms with Crippen molar-refractivity contribution in [2.45, 2.75) is 30.8 Å². The maximum Gasteiger partial charge on any atom is 0.257 e. The number of aromatic nitrogens is 1. The smallest absolute Gasteiger partial charge is 0.257 e. The molecular weight excluding hydrogens is 387 g/mol. The number of nitrogens with one attached hydrogen (secondary N) is 1. The van der Waals surface area contributed by atoms with Crippen molar-refractivity contribution in [3.63, 3.8) is 0 Å². The molecule has 0 spiro atoms. The number of halogens is 1. The Morgan fingerprint density at radius 3 is 2.86 bits per heavy atom. The van der Waals surface area contributed by atoms with E-state index in [1.807, 2.05) is 30.0 Å². The number of amides is 1. The van der Waals surface area contributed by atoms with Crippen molar-refractivity contribution in [2.75, 3.05) is 18.5 Å². The lowest BCUT2D eigenvalue weighted by atomic mass is 10.1. The maximum atomic E-state index is 13.4. The van der Waals surface area contributed by atoms with Crippen LogP contribution < -0.4 is 5.32 Å². The zero-order chi connectivity index (χ0) is 20.2. The first-order valence-corrected chi connectivity index (χ1v) is 10.8. The second kappa shape index (κ2) is 8.93. The number of hydrogen-bond donors (Lipinski definition) is 1. The van der Waals surface area contributed by atoms with Crippen LogP contribution in [0.4, 0.5) is 10.1 Å². The molecule has 4 nitrogen and oxygen atoms in total. The van der Waals surface area contributed by atoms with E-state index in [1.165, 1.54) is 17.7 Å². The van der Waals surface area contributed by atoms with E-state index in [0.29, 0.717) is 22.0 Å². The monoisotopic (exact) mass is 410 g/mol. The van der Waals surface area contributed by atoms with Crippen molar-refractivity contribution in [3.05, 3.63) is 71.2 Å². The van der Waals surface area contributed by atoms with Gasteiger partial charge in [-0.15, -0.1) is 0 Å². The van der Waals surface area contributed by atoms with E-state index in [9.17, 15) is 9.18 Å². The molecule has 0 bridgehead atoms. The predicted molar refractivity (Wildman–Crippen MR) is 116 cm³/mol. The van der Waals surface area contributed by atoms with Crippen LogP contribution in [0.15, 0.2) is 48.5 Å². The van der Waals surface area contributed by atoms with E-state index in [4.69, 9.17) is 4.74 Å². The summed E-state index contributed by atoms with van der Waals surface area (Å²) in [5.74, 6) is 0.365. The Bertz CT molecular complexity index is 1030. The normalized spacial score (nSPS) is 14.8. The lowest BCUT2D eigenvalue weighted by molar-refractivity contribution is 0.1000. The fourth-order valence-corrected chi connectivity index (χ4v) is 4.59. The van der Waals surface area contributed by atoms with Crippen LogP contribution in [0.3, 0.4) is 0 Å². The second-order valence-corrected chi connectivity index (χ2v) is 8.52. The third-order valence-corrected chi connectivity index (χ3v) is 6.50. The number of rotatable bonds is 5. The van der Waals surface area contributed by atoms with Crippen LogP contribution in [-0.4, -0.2) is 29.4 Å². The topological polar surface area (TPSA) is 51.2 Å². The third kappa shape index (κ3) is 4.95. The summed E-state index contributed by atoms with van der Waals surface area (Å²) in [5, 5.41) is 4.35. The molecule has 4 rings (SSSR count). The van der Waals surface area contributed by atoms with Gasteiger partial charge in [-0.2, -0.15) is 11.8 Å². The zero-order valence-corrected chi connectivity index (χ0v) is 17.1. The predicted octanol–water partition coefficient (Wildman–Crippen LogP) is 5.35. The lowest BCUT2D eigenvalue weighted by Gasteiger charge is -2.21. The number of pyridine rings is 1. The molecule has 3 aromatic rings. The summed E-state index contributed by atoms with van der Waals surface area (Å²) >= 11 is 1.95. The molecular formula is C23H23FN2O2S. The molecule has 1 aliphatic heterocycles. The van der Waals surface area contributed by atoms with Gasteiger partial charge in [-0.1, -0.05) is 12.1 Å². The number of fused-ring (bicyclic) bond motifs is 1. The Hall–Kier alpha value is -2.44. The van der Waals surface area contributed by atoms with Crippen LogP contribution in [-0.2, 0) is 10.5 Å². The number of carbonyl (C=O) groups is 1. The van der Waals surface area contributed by atoms with Gasteiger partial charge in [0.2, 0.25) is 0 Å². The maximum absolute atomic E-state index is 13.4. The summed E-state index contributed by atoms with van der Waals surface area (Å²) in [5.41, 5.74) is 3.56. The highest BCUT2D eigenvalue weighted by atomic mass is 32.2. The molecule has 0 aliphatic carbocycles. The fraction of sp³-hybridized carbons (Fsp3) is 0.304. The quantitative estimate of drug-likeness (QED) is 0.616. The van der Waals surface area contributed by atoms with Gasteiger partial charge in [0.1, 0.15) is 5.82 Å². The summed E-state index contributed by atoms with van der Waals surface area (Å²) in [6.45, 7) is 3.46. The van der Waals surface area contributed by atoms with Crippen LogP contribution >= 0.6 is 11.8 Å². The fourth-order valence-electron chi connectivity index (χ4n) is 3.46. The minimum absolute atomic E-state index is 0.213. The Morgan fingerprint density at radius 2 is 2.03 bits per heavy atom. The first-order chi connectivity index (χ1) is 14.1. The highest BCUT2D eigenvalue weighted by molar-refractivity contribution is 7.99. The van der Waals surface area contributed by atoms with Crippen molar-refractivity contribution < 1.29 is 13.9 Å². The molecule has 150 valence electrons. The standard InChI is InChI=1S/C23H23FN2O2S/c1-15-21(12-17-5-6-18(24)13-22(17)25-15)23(27)26-19-4-2-3-16(11-19)14-29-20-7-9-28-10-8-20/h2-6,11-13,20H,7-10,14H2,1H3,(H,26,27). The van der Waals surface area contributed by atoms with E-state index in [0.717, 1.165) is 42.9 Å². The molecule has 1 N–H and O–H groups in total. The van der Waals surface area contributed by atoms with Gasteiger partial charge in [-0.05, 0) is 55.7 Å². The number of hydrogen-bond acceptors (Lipinski definition) is 4. The lowest BCUT2D eigenvalue weighted by Crippen LogP contribution is -2.17. The average Bonchev–Trinajstić information content (AvgIpc) is 2.72. The van der Waals surface area contributed by atoms with Gasteiger partial charge < -0.3 is 10.1 Å². The van der Waals surface area contributed by atoms with Crippen LogP contribution in [0.1, 0.15) is 34.5 Å². The molecule has 0 saturated carbocycles. The Balaban J connectivity index is 1.46. The first kappa shape index (κ1) is 19.9. The molecule has 1 aliphatic rings. The SMILES string of the molecule is Cc1nc2cc(F)ccc2cc1C(=O)Nc1cccc(CSC2CCOCC2)c1. The van der Waals surface area contributed by atoms with Gasteiger partial charge in [-0.3, -0.25) is 9.78 Å². The summed E-state index contributed by atoms with van der Waals surface area (Å²) < 4.78 is 18.8. The van der Waals surface area contributed by atoms with E-state index in [2.05, 4.69) is 16.4 Å². The summed E-state index contributed by atoms with van der Waals surface area (Å²) in [6, 6.07) is 14.1. The molecule has 2 aromatic carbocycles. The van der Waals surface area contributed by atoms with Crippen LogP contribution in [0.25, 0.3) is 10.9 Å². The molecule has 29 heavy (non-hydrogen) atoms. The largest absolute Gasteiger partial charge is 0.381 e. The molecule has 1 amide bonds. The summed E-state index contributed by atoms with van der Waals surface area (Å²) in [7, 11) is 0. The molecule has 1 aromatic heterocycles. The minimum atomic E-state index is -0.336. The van der Waals surface area contributed by atoms with Crippen molar-refractivity contribution in [1.29, 1.82) is 0 Å². The van der Waals surface area contributed by atoms with Crippen molar-refractivity contribution >= 4 is 34.3 Å². The van der Waals surface area contributed by atoms with Crippen LogP contribution in [0, 0.1) is 12.7 Å². The molecule has 6 heteroatoms. The van der Waals surface area contributed by atoms with E-state index in [1.54, 1.807) is 19.1 Å².